The molecule has 5 heteroatoms. The van der Waals surface area contributed by atoms with Crippen LogP contribution in [0.5, 0.6) is 5.75 Å². The summed E-state index contributed by atoms with van der Waals surface area (Å²) < 4.78 is 0. The first kappa shape index (κ1) is 13.7. The summed E-state index contributed by atoms with van der Waals surface area (Å²) in [4.78, 5) is 13.7. The van der Waals surface area contributed by atoms with Gasteiger partial charge in [-0.2, -0.15) is 0 Å². The van der Waals surface area contributed by atoms with Crippen LogP contribution in [0.2, 0.25) is 0 Å². The number of benzene rings is 1. The van der Waals surface area contributed by atoms with Gasteiger partial charge in [-0.3, -0.25) is 4.79 Å². The van der Waals surface area contributed by atoms with Crippen molar-refractivity contribution in [2.24, 2.45) is 0 Å². The molecule has 1 aliphatic rings. The summed E-state index contributed by atoms with van der Waals surface area (Å²) in [7, 11) is 1.66. The lowest BCUT2D eigenvalue weighted by molar-refractivity contribution is 0.0157. The van der Waals surface area contributed by atoms with Crippen molar-refractivity contribution >= 4 is 11.6 Å². The van der Waals surface area contributed by atoms with Crippen molar-refractivity contribution in [2.75, 3.05) is 19.3 Å². The zero-order valence-corrected chi connectivity index (χ0v) is 11.1. The van der Waals surface area contributed by atoms with Gasteiger partial charge in [-0.15, -0.1) is 0 Å². The lowest BCUT2D eigenvalue weighted by atomic mass is 10.0. The second-order valence-corrected chi connectivity index (χ2v) is 5.37. The minimum Gasteiger partial charge on any atom is -0.506 e. The number of phenolic OH excluding ortho intramolecular Hbond substituents is 1. The third kappa shape index (κ3) is 2.98. The number of hydrogen-bond donors (Lipinski definition) is 3. The van der Waals surface area contributed by atoms with Crippen LogP contribution in [0.1, 0.15) is 36.0 Å². The number of carbonyl (C=O) groups excluding carboxylic acids is 1. The Morgan fingerprint density at radius 1 is 1.42 bits per heavy atom. The molecule has 0 radical (unpaired) electrons. The molecule has 1 aliphatic carbocycles. The van der Waals surface area contributed by atoms with Gasteiger partial charge in [-0.05, 0) is 31.0 Å². The smallest absolute Gasteiger partial charge is 0.253 e. The summed E-state index contributed by atoms with van der Waals surface area (Å²) in [5, 5.41) is 19.8. The summed E-state index contributed by atoms with van der Waals surface area (Å²) in [5.41, 5.74) is 5.35. The summed E-state index contributed by atoms with van der Waals surface area (Å²) in [5.74, 6) is -0.325. The molecule has 1 amide bonds. The zero-order chi connectivity index (χ0) is 14.0. The van der Waals surface area contributed by atoms with Crippen molar-refractivity contribution < 1.29 is 15.0 Å². The zero-order valence-electron chi connectivity index (χ0n) is 11.1. The molecule has 19 heavy (non-hydrogen) atoms. The lowest BCUT2D eigenvalue weighted by Crippen LogP contribution is -2.42. The van der Waals surface area contributed by atoms with Crippen LogP contribution in [0.3, 0.4) is 0 Å². The molecule has 1 aromatic carbocycles. The number of aliphatic hydroxyl groups is 1. The molecular formula is C14H20N2O3. The highest BCUT2D eigenvalue weighted by molar-refractivity contribution is 5.95. The van der Waals surface area contributed by atoms with Gasteiger partial charge in [0.1, 0.15) is 5.75 Å². The van der Waals surface area contributed by atoms with Crippen LogP contribution in [-0.2, 0) is 0 Å². The number of phenols is 1. The number of rotatable bonds is 3. The van der Waals surface area contributed by atoms with Crippen LogP contribution in [0.15, 0.2) is 18.2 Å². The fourth-order valence-electron chi connectivity index (χ4n) is 2.60. The maximum absolute atomic E-state index is 12.2. The topological polar surface area (TPSA) is 86.8 Å². The molecular weight excluding hydrogens is 244 g/mol. The molecule has 2 rings (SSSR count). The quantitative estimate of drug-likeness (QED) is 0.568. The molecule has 0 atom stereocenters. The molecule has 0 aromatic heterocycles. The first-order valence-electron chi connectivity index (χ1n) is 6.48. The number of nitrogens with two attached hydrogens (primary N) is 1. The van der Waals surface area contributed by atoms with Crippen molar-refractivity contribution in [3.05, 3.63) is 23.8 Å². The molecule has 0 bridgehead atoms. The number of anilines is 1. The number of nitrogens with zero attached hydrogens (tertiary/aromatic N) is 1. The lowest BCUT2D eigenvalue weighted by Gasteiger charge is -2.28. The molecule has 0 unspecified atom stereocenters. The Morgan fingerprint density at radius 3 is 2.63 bits per heavy atom. The number of amides is 1. The van der Waals surface area contributed by atoms with Gasteiger partial charge in [-0.25, -0.2) is 0 Å². The summed E-state index contributed by atoms with van der Waals surface area (Å²) >= 11 is 0. The van der Waals surface area contributed by atoms with Crippen molar-refractivity contribution in [1.82, 2.24) is 4.90 Å². The van der Waals surface area contributed by atoms with Gasteiger partial charge in [0.2, 0.25) is 0 Å². The normalized spacial score (nSPS) is 17.4. The number of hydrogen-bond acceptors (Lipinski definition) is 4. The van der Waals surface area contributed by atoms with Crippen LogP contribution in [0.25, 0.3) is 0 Å². The predicted molar refractivity (Wildman–Crippen MR) is 72.9 cm³/mol. The summed E-state index contributed by atoms with van der Waals surface area (Å²) in [6.45, 7) is 0.316. The fraction of sp³-hybridized carbons (Fsp3) is 0.500. The monoisotopic (exact) mass is 264 g/mol. The van der Waals surface area contributed by atoms with Crippen LogP contribution < -0.4 is 5.73 Å². The first-order valence-corrected chi connectivity index (χ1v) is 6.48. The minimum absolute atomic E-state index is 0.0983. The summed E-state index contributed by atoms with van der Waals surface area (Å²) in [6, 6.07) is 4.43. The third-order valence-electron chi connectivity index (χ3n) is 3.69. The number of nitrogen functional groups attached to an aromatic ring is 1. The minimum atomic E-state index is -0.764. The Hall–Kier alpha value is -1.75. The van der Waals surface area contributed by atoms with Gasteiger partial charge in [0.15, 0.2) is 0 Å². The summed E-state index contributed by atoms with van der Waals surface area (Å²) in [6.07, 6.45) is 3.47. The molecule has 104 valence electrons. The molecule has 1 fully saturated rings. The van der Waals surface area contributed by atoms with E-state index >= 15 is 0 Å². The number of likely N-dealkylation sites (N-methyl/N-ethyl adjacent to an activating group) is 1. The Bertz CT molecular complexity index is 482. The Morgan fingerprint density at radius 2 is 2.05 bits per heavy atom. The molecule has 4 N–H and O–H groups in total. The van der Waals surface area contributed by atoms with Crippen molar-refractivity contribution in [2.45, 2.75) is 31.3 Å². The third-order valence-corrected chi connectivity index (χ3v) is 3.69. The van der Waals surface area contributed by atoms with Crippen LogP contribution in [0, 0.1) is 0 Å². The average molecular weight is 264 g/mol. The molecule has 0 heterocycles. The molecule has 0 saturated heterocycles. The predicted octanol–water partition coefficient (Wildman–Crippen LogP) is 1.35. The second-order valence-electron chi connectivity index (χ2n) is 5.37. The van der Waals surface area contributed by atoms with Gasteiger partial charge in [0.05, 0.1) is 11.3 Å². The van der Waals surface area contributed by atoms with E-state index in [2.05, 4.69) is 0 Å². The van der Waals surface area contributed by atoms with E-state index in [4.69, 9.17) is 5.73 Å². The largest absolute Gasteiger partial charge is 0.506 e. The maximum atomic E-state index is 12.2. The van der Waals surface area contributed by atoms with Gasteiger partial charge in [0, 0.05) is 19.2 Å². The van der Waals surface area contributed by atoms with E-state index in [0.717, 1.165) is 25.7 Å². The molecule has 0 spiro atoms. The van der Waals surface area contributed by atoms with Crippen molar-refractivity contribution in [3.8, 4) is 5.75 Å². The van der Waals surface area contributed by atoms with E-state index in [0.29, 0.717) is 12.1 Å². The number of aromatic hydroxyl groups is 1. The van der Waals surface area contributed by atoms with E-state index in [1.165, 1.54) is 17.0 Å². The Labute approximate surface area is 112 Å². The van der Waals surface area contributed by atoms with Gasteiger partial charge in [0.25, 0.3) is 5.91 Å². The Balaban J connectivity index is 2.08. The Kier molecular flexibility index (Phi) is 3.66. The highest BCUT2D eigenvalue weighted by Crippen LogP contribution is 2.30. The fourth-order valence-corrected chi connectivity index (χ4v) is 2.60. The van der Waals surface area contributed by atoms with Crippen molar-refractivity contribution in [3.63, 3.8) is 0 Å². The second kappa shape index (κ2) is 5.09. The molecule has 1 saturated carbocycles. The van der Waals surface area contributed by atoms with Gasteiger partial charge >= 0.3 is 0 Å². The molecule has 0 aliphatic heterocycles. The van der Waals surface area contributed by atoms with E-state index in [1.54, 1.807) is 13.1 Å². The average Bonchev–Trinajstić information content (AvgIpc) is 2.78. The molecule has 1 aromatic rings. The molecule has 5 nitrogen and oxygen atoms in total. The standard InChI is InChI=1S/C14H20N2O3/c1-16(9-14(19)6-2-3-7-14)13(18)10-4-5-11(15)12(17)8-10/h4-5,8,17,19H,2-3,6-7,9,15H2,1H3. The van der Waals surface area contributed by atoms with Gasteiger partial charge in [-0.1, -0.05) is 12.8 Å². The SMILES string of the molecule is CN(CC1(O)CCCC1)C(=O)c1ccc(N)c(O)c1. The first-order chi connectivity index (χ1) is 8.91. The van der Waals surface area contributed by atoms with E-state index in [-0.39, 0.29) is 17.3 Å². The van der Waals surface area contributed by atoms with Crippen LogP contribution in [0.4, 0.5) is 5.69 Å². The number of carbonyl (C=O) groups is 1. The van der Waals surface area contributed by atoms with E-state index < -0.39 is 5.60 Å². The van der Waals surface area contributed by atoms with Crippen molar-refractivity contribution in [1.29, 1.82) is 0 Å². The highest BCUT2D eigenvalue weighted by atomic mass is 16.3. The van der Waals surface area contributed by atoms with Gasteiger partial charge < -0.3 is 20.8 Å². The van der Waals surface area contributed by atoms with E-state index in [1.807, 2.05) is 0 Å². The highest BCUT2D eigenvalue weighted by Gasteiger charge is 2.33. The van der Waals surface area contributed by atoms with Crippen LogP contribution >= 0.6 is 0 Å². The maximum Gasteiger partial charge on any atom is 0.253 e. The van der Waals surface area contributed by atoms with Crippen LogP contribution in [-0.4, -0.2) is 40.2 Å². The van der Waals surface area contributed by atoms with E-state index in [9.17, 15) is 15.0 Å².